The number of thiazole rings is 1. The maximum atomic E-state index is 11.6. The molecule has 0 bridgehead atoms. The molecule has 0 radical (unpaired) electrons. The second kappa shape index (κ2) is 6.23. The number of nitrogens with zero attached hydrogens (tertiary/aromatic N) is 1. The van der Waals surface area contributed by atoms with Crippen molar-refractivity contribution < 1.29 is 14.7 Å². The van der Waals surface area contributed by atoms with Gasteiger partial charge in [0.25, 0.3) is 0 Å². The fourth-order valence-corrected chi connectivity index (χ4v) is 3.03. The molecule has 1 amide bonds. The number of hydrogen-bond acceptors (Lipinski definition) is 5. The molecule has 0 atom stereocenters. The lowest BCUT2D eigenvalue weighted by Crippen LogP contribution is -2.15. The van der Waals surface area contributed by atoms with Gasteiger partial charge in [-0.15, -0.1) is 11.8 Å². The van der Waals surface area contributed by atoms with Crippen molar-refractivity contribution in [1.82, 2.24) is 4.98 Å². The monoisotopic (exact) mass is 316 g/mol. The van der Waals surface area contributed by atoms with Gasteiger partial charge >= 0.3 is 5.97 Å². The molecule has 0 saturated carbocycles. The summed E-state index contributed by atoms with van der Waals surface area (Å²) in [5, 5.41) is 12.2. The number of carbonyl (C=O) groups is 2. The Kier molecular flexibility index (Phi) is 4.62. The summed E-state index contributed by atoms with van der Waals surface area (Å²) in [6.45, 7) is 0. The average Bonchev–Trinajstić information content (AvgIpc) is 2.69. The third kappa shape index (κ3) is 4.09. The third-order valence-corrected chi connectivity index (χ3v) is 4.14. The second-order valence-electron chi connectivity index (χ2n) is 3.57. The lowest BCUT2D eigenvalue weighted by Gasteiger charge is -1.99. The molecular weight excluding hydrogens is 308 g/mol. The van der Waals surface area contributed by atoms with Crippen LogP contribution in [0.25, 0.3) is 10.2 Å². The Balaban J connectivity index is 1.97. The molecule has 0 unspecified atom stereocenters. The molecule has 1 aromatic carbocycles. The number of aliphatic carboxylic acids is 1. The van der Waals surface area contributed by atoms with Gasteiger partial charge in [-0.25, -0.2) is 4.98 Å². The molecule has 2 N–H and O–H groups in total. The number of nitrogens with one attached hydrogen (secondary N) is 1. The van der Waals surface area contributed by atoms with E-state index in [0.29, 0.717) is 10.2 Å². The van der Waals surface area contributed by atoms with Gasteiger partial charge in [0, 0.05) is 5.02 Å². The fourth-order valence-electron chi connectivity index (χ4n) is 1.34. The van der Waals surface area contributed by atoms with Crippen LogP contribution >= 0.6 is 34.7 Å². The van der Waals surface area contributed by atoms with Gasteiger partial charge in [-0.05, 0) is 18.2 Å². The van der Waals surface area contributed by atoms with Crippen LogP contribution in [0.1, 0.15) is 0 Å². The van der Waals surface area contributed by atoms with Gasteiger partial charge in [0.2, 0.25) is 5.91 Å². The van der Waals surface area contributed by atoms with Crippen molar-refractivity contribution in [2.45, 2.75) is 0 Å². The van der Waals surface area contributed by atoms with Crippen LogP contribution in [0, 0.1) is 0 Å². The van der Waals surface area contributed by atoms with E-state index >= 15 is 0 Å². The molecule has 0 aliphatic rings. The van der Waals surface area contributed by atoms with Crippen molar-refractivity contribution in [3.63, 3.8) is 0 Å². The summed E-state index contributed by atoms with van der Waals surface area (Å²) in [6.07, 6.45) is 0. The summed E-state index contributed by atoms with van der Waals surface area (Å²) in [7, 11) is 0. The van der Waals surface area contributed by atoms with Crippen LogP contribution in [0.2, 0.25) is 5.02 Å². The summed E-state index contributed by atoms with van der Waals surface area (Å²) >= 11 is 8.23. The minimum Gasteiger partial charge on any atom is -0.481 e. The first-order valence-electron chi connectivity index (χ1n) is 5.20. The Morgan fingerprint density at radius 1 is 1.42 bits per heavy atom. The number of aromatic nitrogens is 1. The molecule has 0 aliphatic carbocycles. The molecule has 19 heavy (non-hydrogen) atoms. The standard InChI is InChI=1S/C11H9ClN2O3S2/c12-6-1-2-7-8(3-6)19-11(13-7)14-9(15)4-18-5-10(16)17/h1-3H,4-5H2,(H,16,17)(H,13,14,15). The molecule has 8 heteroatoms. The van der Waals surface area contributed by atoms with Crippen LogP contribution in [0.3, 0.4) is 0 Å². The lowest BCUT2D eigenvalue weighted by molar-refractivity contribution is -0.133. The number of anilines is 1. The molecule has 1 aromatic heterocycles. The minimum absolute atomic E-state index is 0.0863. The molecule has 1 heterocycles. The molecule has 0 spiro atoms. The number of amides is 1. The van der Waals surface area contributed by atoms with Crippen LogP contribution < -0.4 is 5.32 Å². The zero-order chi connectivity index (χ0) is 13.8. The van der Waals surface area contributed by atoms with Gasteiger partial charge in [-0.3, -0.25) is 9.59 Å². The summed E-state index contributed by atoms with van der Waals surface area (Å²) < 4.78 is 0.890. The maximum absolute atomic E-state index is 11.6. The molecule has 0 fully saturated rings. The topological polar surface area (TPSA) is 79.3 Å². The van der Waals surface area contributed by atoms with E-state index in [0.717, 1.165) is 22.0 Å². The molecule has 0 saturated heterocycles. The number of carboxylic acid groups (broad SMARTS) is 1. The first-order chi connectivity index (χ1) is 9.04. The molecule has 2 aromatic rings. The van der Waals surface area contributed by atoms with E-state index in [9.17, 15) is 9.59 Å². The average molecular weight is 317 g/mol. The van der Waals surface area contributed by atoms with Gasteiger partial charge in [0.05, 0.1) is 21.7 Å². The highest BCUT2D eigenvalue weighted by Gasteiger charge is 2.09. The molecular formula is C11H9ClN2O3S2. The van der Waals surface area contributed by atoms with Crippen molar-refractivity contribution in [1.29, 1.82) is 0 Å². The largest absolute Gasteiger partial charge is 0.481 e. The normalized spacial score (nSPS) is 10.6. The predicted molar refractivity (Wildman–Crippen MR) is 78.2 cm³/mol. The van der Waals surface area contributed by atoms with E-state index in [1.54, 1.807) is 18.2 Å². The zero-order valence-electron chi connectivity index (χ0n) is 9.55. The number of carboxylic acids is 1. The van der Waals surface area contributed by atoms with Crippen molar-refractivity contribution >= 4 is 61.9 Å². The second-order valence-corrected chi connectivity index (χ2v) is 6.02. The number of thioether (sulfide) groups is 1. The quantitative estimate of drug-likeness (QED) is 0.886. The number of halogens is 1. The number of rotatable bonds is 5. The Morgan fingerprint density at radius 2 is 2.21 bits per heavy atom. The first kappa shape index (κ1) is 14.1. The number of hydrogen-bond donors (Lipinski definition) is 2. The zero-order valence-corrected chi connectivity index (χ0v) is 11.9. The van der Waals surface area contributed by atoms with Gasteiger partial charge < -0.3 is 10.4 Å². The fraction of sp³-hybridized carbons (Fsp3) is 0.182. The van der Waals surface area contributed by atoms with Crippen molar-refractivity contribution in [2.75, 3.05) is 16.8 Å². The van der Waals surface area contributed by atoms with Crippen LogP contribution in [-0.2, 0) is 9.59 Å². The summed E-state index contributed by atoms with van der Waals surface area (Å²) in [6, 6.07) is 5.30. The summed E-state index contributed by atoms with van der Waals surface area (Å²) in [4.78, 5) is 26.1. The van der Waals surface area contributed by atoms with Crippen molar-refractivity contribution in [3.8, 4) is 0 Å². The summed E-state index contributed by atoms with van der Waals surface area (Å²) in [5.41, 5.74) is 0.767. The van der Waals surface area contributed by atoms with E-state index in [2.05, 4.69) is 10.3 Å². The molecule has 0 aliphatic heterocycles. The Hall–Kier alpha value is -1.31. The van der Waals surface area contributed by atoms with E-state index in [-0.39, 0.29) is 17.4 Å². The van der Waals surface area contributed by atoms with Gasteiger partial charge in [0.1, 0.15) is 0 Å². The predicted octanol–water partition coefficient (Wildman–Crippen LogP) is 2.71. The molecule has 2 rings (SSSR count). The van der Waals surface area contributed by atoms with E-state index in [4.69, 9.17) is 16.7 Å². The first-order valence-corrected chi connectivity index (χ1v) is 7.55. The Labute approximate surface area is 122 Å². The number of benzene rings is 1. The smallest absolute Gasteiger partial charge is 0.313 e. The third-order valence-electron chi connectivity index (χ3n) is 2.06. The minimum atomic E-state index is -0.938. The van der Waals surface area contributed by atoms with E-state index < -0.39 is 5.97 Å². The van der Waals surface area contributed by atoms with Crippen molar-refractivity contribution in [3.05, 3.63) is 23.2 Å². The van der Waals surface area contributed by atoms with E-state index in [1.165, 1.54) is 11.3 Å². The highest BCUT2D eigenvalue weighted by atomic mass is 35.5. The lowest BCUT2D eigenvalue weighted by atomic mass is 10.3. The summed E-state index contributed by atoms with van der Waals surface area (Å²) in [5.74, 6) is -1.21. The Morgan fingerprint density at radius 3 is 2.95 bits per heavy atom. The van der Waals surface area contributed by atoms with Gasteiger partial charge in [-0.1, -0.05) is 22.9 Å². The van der Waals surface area contributed by atoms with Crippen LogP contribution in [0.4, 0.5) is 5.13 Å². The highest BCUT2D eigenvalue weighted by Crippen LogP contribution is 2.28. The SMILES string of the molecule is O=C(O)CSCC(=O)Nc1nc2ccc(Cl)cc2s1. The molecule has 5 nitrogen and oxygen atoms in total. The Bertz CT molecular complexity index is 629. The maximum Gasteiger partial charge on any atom is 0.313 e. The number of fused-ring (bicyclic) bond motifs is 1. The van der Waals surface area contributed by atoms with Gasteiger partial charge in [0.15, 0.2) is 5.13 Å². The van der Waals surface area contributed by atoms with Crippen LogP contribution in [0.5, 0.6) is 0 Å². The van der Waals surface area contributed by atoms with Gasteiger partial charge in [-0.2, -0.15) is 0 Å². The van der Waals surface area contributed by atoms with E-state index in [1.807, 2.05) is 0 Å². The van der Waals surface area contributed by atoms with Crippen LogP contribution in [-0.4, -0.2) is 33.5 Å². The van der Waals surface area contributed by atoms with Crippen LogP contribution in [0.15, 0.2) is 18.2 Å². The highest BCUT2D eigenvalue weighted by molar-refractivity contribution is 8.00. The van der Waals surface area contributed by atoms with Crippen molar-refractivity contribution in [2.24, 2.45) is 0 Å². The number of carbonyl (C=O) groups excluding carboxylic acids is 1. The molecule has 100 valence electrons.